The highest BCUT2D eigenvalue weighted by atomic mass is 16.8. The Hall–Kier alpha value is -3.31. The maximum absolute atomic E-state index is 13.1. The number of hydrogen-bond donors (Lipinski definition) is 0. The minimum Gasteiger partial charge on any atom is -0.457 e. The highest BCUT2D eigenvalue weighted by Gasteiger charge is 2.53. The van der Waals surface area contributed by atoms with Gasteiger partial charge in [-0.05, 0) is 34.6 Å². The molecule has 0 bridgehead atoms. The molecule has 0 N–H and O–H groups in total. The van der Waals surface area contributed by atoms with Crippen LogP contribution in [0.25, 0.3) is 0 Å². The van der Waals surface area contributed by atoms with Gasteiger partial charge >= 0.3 is 17.9 Å². The lowest BCUT2D eigenvalue weighted by Gasteiger charge is -2.25. The Morgan fingerprint density at radius 1 is 0.971 bits per heavy atom. The summed E-state index contributed by atoms with van der Waals surface area (Å²) in [6.07, 6.45) is -4.93. The molecule has 1 aromatic carbocycles. The number of esters is 2. The Morgan fingerprint density at radius 2 is 1.50 bits per heavy atom. The average Bonchev–Trinajstić information content (AvgIpc) is 3.24. The Labute approximate surface area is 196 Å². The quantitative estimate of drug-likeness (QED) is 0.440. The number of rotatable bonds is 6. The molecule has 2 aliphatic rings. The van der Waals surface area contributed by atoms with Crippen molar-refractivity contribution in [1.29, 1.82) is 0 Å². The molecule has 3 rings (SSSR count). The third kappa shape index (κ3) is 5.97. The monoisotopic (exact) mass is 477 g/mol. The van der Waals surface area contributed by atoms with Gasteiger partial charge in [-0.15, -0.1) is 5.06 Å². The summed E-state index contributed by atoms with van der Waals surface area (Å²) in [5.74, 6) is -5.89. The summed E-state index contributed by atoms with van der Waals surface area (Å²) >= 11 is 0. The molecular weight excluding hydrogens is 450 g/mol. The van der Waals surface area contributed by atoms with E-state index >= 15 is 0 Å². The van der Waals surface area contributed by atoms with Crippen LogP contribution in [0.5, 0.6) is 0 Å². The minimum atomic E-state index is -1.65. The molecule has 1 aromatic rings. The van der Waals surface area contributed by atoms with Crippen LogP contribution in [0.3, 0.4) is 0 Å². The summed E-state index contributed by atoms with van der Waals surface area (Å²) in [5.41, 5.74) is -0.511. The molecule has 184 valence electrons. The number of hydroxylamine groups is 2. The largest absolute Gasteiger partial charge is 0.457 e. The van der Waals surface area contributed by atoms with Crippen LogP contribution in [0.15, 0.2) is 30.3 Å². The molecule has 3 atom stereocenters. The molecule has 2 aliphatic heterocycles. The first-order valence-electron chi connectivity index (χ1n) is 10.7. The van der Waals surface area contributed by atoms with E-state index in [0.29, 0.717) is 10.6 Å². The second kappa shape index (κ2) is 9.51. The second-order valence-corrected chi connectivity index (χ2v) is 9.23. The number of ether oxygens (including phenoxy) is 4. The number of amides is 2. The summed E-state index contributed by atoms with van der Waals surface area (Å²) < 4.78 is 21.9. The van der Waals surface area contributed by atoms with Crippen molar-refractivity contribution in [3.05, 3.63) is 35.9 Å². The molecule has 11 nitrogen and oxygen atoms in total. The van der Waals surface area contributed by atoms with E-state index in [4.69, 9.17) is 23.8 Å². The van der Waals surface area contributed by atoms with Crippen LogP contribution >= 0.6 is 0 Å². The summed E-state index contributed by atoms with van der Waals surface area (Å²) in [6.45, 7) is 7.90. The Bertz CT molecular complexity index is 965. The Kier molecular flexibility index (Phi) is 7.08. The van der Waals surface area contributed by atoms with Gasteiger partial charge in [0.2, 0.25) is 6.10 Å². The van der Waals surface area contributed by atoms with Crippen LogP contribution in [-0.2, 0) is 47.8 Å². The van der Waals surface area contributed by atoms with E-state index in [1.807, 2.05) is 0 Å². The van der Waals surface area contributed by atoms with Crippen LogP contribution in [0.1, 0.15) is 59.1 Å². The van der Waals surface area contributed by atoms with Crippen molar-refractivity contribution in [2.45, 2.75) is 77.2 Å². The maximum atomic E-state index is 13.1. The summed E-state index contributed by atoms with van der Waals surface area (Å²) in [6, 6.07) is 8.19. The predicted octanol–water partition coefficient (Wildman–Crippen LogP) is 1.74. The van der Waals surface area contributed by atoms with E-state index in [9.17, 15) is 24.0 Å². The van der Waals surface area contributed by atoms with Gasteiger partial charge in [0.15, 0.2) is 18.0 Å². The number of imide groups is 1. The fourth-order valence-electron chi connectivity index (χ4n) is 3.32. The zero-order valence-electron chi connectivity index (χ0n) is 19.6. The highest BCUT2D eigenvalue weighted by molar-refractivity contribution is 6.02. The molecule has 0 saturated carbocycles. The molecule has 2 saturated heterocycles. The molecule has 2 fully saturated rings. The number of benzene rings is 1. The average molecular weight is 477 g/mol. The molecule has 0 spiro atoms. The van der Waals surface area contributed by atoms with E-state index in [2.05, 4.69) is 0 Å². The van der Waals surface area contributed by atoms with E-state index in [1.165, 1.54) is 13.8 Å². The summed E-state index contributed by atoms with van der Waals surface area (Å²) in [7, 11) is 0. The van der Waals surface area contributed by atoms with Gasteiger partial charge in [-0.25, -0.2) is 14.4 Å². The first-order valence-corrected chi connectivity index (χ1v) is 10.7. The topological polar surface area (TPSA) is 135 Å². The molecule has 11 heteroatoms. The Balaban J connectivity index is 1.81. The smallest absolute Gasteiger partial charge is 0.365 e. The predicted molar refractivity (Wildman–Crippen MR) is 112 cm³/mol. The molecular formula is C23H27NO10. The summed E-state index contributed by atoms with van der Waals surface area (Å²) in [4.78, 5) is 67.0. The first-order chi connectivity index (χ1) is 15.8. The third-order valence-electron chi connectivity index (χ3n) is 4.71. The van der Waals surface area contributed by atoms with Gasteiger partial charge in [0.05, 0.1) is 0 Å². The lowest BCUT2D eigenvalue weighted by atomic mass is 10.1. The van der Waals surface area contributed by atoms with Crippen LogP contribution in [0.2, 0.25) is 0 Å². The van der Waals surface area contributed by atoms with Crippen LogP contribution < -0.4 is 0 Å². The Morgan fingerprint density at radius 3 is 2.03 bits per heavy atom. The SMILES string of the molecule is CC(C)(C)OC(=O)[C@@H](OC(=O)[C@@H]1OC(C)(C)O[C@H]1C(=O)ON1C(=O)CCC1=O)c1ccccc1. The molecule has 0 aromatic heterocycles. The van der Waals surface area contributed by atoms with Gasteiger partial charge in [0.25, 0.3) is 11.8 Å². The highest BCUT2D eigenvalue weighted by Crippen LogP contribution is 2.32. The van der Waals surface area contributed by atoms with Gasteiger partial charge in [0.1, 0.15) is 5.60 Å². The number of hydrogen-bond acceptors (Lipinski definition) is 10. The lowest BCUT2D eigenvalue weighted by molar-refractivity contribution is -0.208. The van der Waals surface area contributed by atoms with Crippen molar-refractivity contribution >= 4 is 29.7 Å². The van der Waals surface area contributed by atoms with Gasteiger partial charge in [-0.1, -0.05) is 30.3 Å². The van der Waals surface area contributed by atoms with Gasteiger partial charge in [-0.2, -0.15) is 0 Å². The van der Waals surface area contributed by atoms with Crippen molar-refractivity contribution in [2.24, 2.45) is 0 Å². The van der Waals surface area contributed by atoms with E-state index in [1.54, 1.807) is 51.1 Å². The van der Waals surface area contributed by atoms with E-state index in [0.717, 1.165) is 0 Å². The molecule has 0 radical (unpaired) electrons. The maximum Gasteiger partial charge on any atom is 0.365 e. The molecule has 0 aliphatic carbocycles. The third-order valence-corrected chi connectivity index (χ3v) is 4.71. The van der Waals surface area contributed by atoms with E-state index < -0.39 is 59.4 Å². The van der Waals surface area contributed by atoms with E-state index in [-0.39, 0.29) is 12.8 Å². The molecule has 34 heavy (non-hydrogen) atoms. The normalized spacial score (nSPS) is 22.9. The van der Waals surface area contributed by atoms with Crippen LogP contribution in [0, 0.1) is 0 Å². The molecule has 2 heterocycles. The standard InChI is InChI=1S/C23H27NO10/c1-22(2,3)33-20(28)16(13-9-7-6-8-10-13)30-19(27)17-18(32-23(4,5)31-17)21(29)34-24-14(25)11-12-15(24)26/h6-10,16-18H,11-12H2,1-5H3/t16-,17+,18+/m0/s1. The zero-order chi connectivity index (χ0) is 25.3. The van der Waals surface area contributed by atoms with Crippen LogP contribution in [0.4, 0.5) is 0 Å². The van der Waals surface area contributed by atoms with Crippen molar-refractivity contribution in [3.63, 3.8) is 0 Å². The fraction of sp³-hybridized carbons (Fsp3) is 0.522. The number of carbonyl (C=O) groups excluding carboxylic acids is 5. The zero-order valence-corrected chi connectivity index (χ0v) is 19.6. The number of nitrogens with zero attached hydrogens (tertiary/aromatic N) is 1. The van der Waals surface area contributed by atoms with Crippen LogP contribution in [-0.4, -0.2) is 58.4 Å². The minimum absolute atomic E-state index is 0.0975. The van der Waals surface area contributed by atoms with Crippen molar-refractivity contribution in [3.8, 4) is 0 Å². The molecule has 0 unspecified atom stereocenters. The van der Waals surface area contributed by atoms with Gasteiger partial charge < -0.3 is 23.8 Å². The van der Waals surface area contributed by atoms with Crippen molar-refractivity contribution < 1.29 is 47.8 Å². The molecule has 2 amide bonds. The lowest BCUT2D eigenvalue weighted by Crippen LogP contribution is -2.44. The second-order valence-electron chi connectivity index (χ2n) is 9.23. The van der Waals surface area contributed by atoms with Gasteiger partial charge in [0, 0.05) is 18.4 Å². The van der Waals surface area contributed by atoms with Gasteiger partial charge in [-0.3, -0.25) is 9.59 Å². The first kappa shape index (κ1) is 25.3. The van der Waals surface area contributed by atoms with Crippen molar-refractivity contribution in [1.82, 2.24) is 5.06 Å². The fourth-order valence-corrected chi connectivity index (χ4v) is 3.32. The van der Waals surface area contributed by atoms with Crippen molar-refractivity contribution in [2.75, 3.05) is 0 Å². The summed E-state index contributed by atoms with van der Waals surface area (Å²) in [5, 5.41) is 0.340. The number of carbonyl (C=O) groups is 5.